The van der Waals surface area contributed by atoms with Crippen LogP contribution < -0.4 is 35.3 Å². The van der Waals surface area contributed by atoms with Crippen molar-refractivity contribution in [1.82, 2.24) is 0 Å². The van der Waals surface area contributed by atoms with E-state index in [-0.39, 0.29) is 31.0 Å². The van der Waals surface area contributed by atoms with Crippen LogP contribution in [0.4, 0.5) is 0 Å². The maximum atomic E-state index is 10.2. The molecule has 0 amide bonds. The third-order valence-electron chi connectivity index (χ3n) is 1.69. The standard InChI is InChI=1S/C8H17NO2.Na.H/c1-2-3-4-5-6-7(9)8(10)11;;/h7H,2-6,9H2,1H3,(H,10,11);;/q;+1;-1/t7-;;/m1../s1. The number of rotatable bonds is 6. The van der Waals surface area contributed by atoms with E-state index in [2.05, 4.69) is 6.92 Å². The number of hydrogen-bond donors (Lipinski definition) is 2. The van der Waals surface area contributed by atoms with Gasteiger partial charge in [-0.1, -0.05) is 32.6 Å². The van der Waals surface area contributed by atoms with E-state index < -0.39 is 12.0 Å². The zero-order chi connectivity index (χ0) is 8.69. The van der Waals surface area contributed by atoms with Crippen molar-refractivity contribution < 1.29 is 40.9 Å². The van der Waals surface area contributed by atoms with E-state index in [0.717, 1.165) is 12.8 Å². The van der Waals surface area contributed by atoms with Gasteiger partial charge in [0.25, 0.3) is 0 Å². The maximum Gasteiger partial charge on any atom is 1.00 e. The quantitative estimate of drug-likeness (QED) is 0.388. The molecule has 68 valence electrons. The first-order valence-corrected chi connectivity index (χ1v) is 4.17. The molecule has 0 aliphatic carbocycles. The number of unbranched alkanes of at least 4 members (excludes halogenated alkanes) is 3. The Morgan fingerprint density at radius 2 is 2.08 bits per heavy atom. The summed E-state index contributed by atoms with van der Waals surface area (Å²) in [7, 11) is 0. The van der Waals surface area contributed by atoms with Crippen LogP contribution in [0.2, 0.25) is 0 Å². The van der Waals surface area contributed by atoms with Gasteiger partial charge in [0.2, 0.25) is 0 Å². The van der Waals surface area contributed by atoms with Gasteiger partial charge in [0.05, 0.1) is 0 Å². The molecule has 0 aliphatic heterocycles. The monoisotopic (exact) mass is 183 g/mol. The summed E-state index contributed by atoms with van der Waals surface area (Å²) >= 11 is 0. The molecule has 0 saturated heterocycles. The van der Waals surface area contributed by atoms with Gasteiger partial charge in [0.1, 0.15) is 6.04 Å². The minimum absolute atomic E-state index is 0. The third kappa shape index (κ3) is 8.53. The van der Waals surface area contributed by atoms with E-state index in [9.17, 15) is 4.79 Å². The zero-order valence-corrected chi connectivity index (χ0v) is 10.0. The van der Waals surface area contributed by atoms with E-state index in [0.29, 0.717) is 6.42 Å². The van der Waals surface area contributed by atoms with Crippen molar-refractivity contribution in [2.75, 3.05) is 0 Å². The molecule has 0 aromatic carbocycles. The van der Waals surface area contributed by atoms with Gasteiger partial charge in [-0.3, -0.25) is 4.79 Å². The Kier molecular flexibility index (Phi) is 11.8. The number of carbonyl (C=O) groups is 1. The molecule has 0 aromatic rings. The first-order valence-electron chi connectivity index (χ1n) is 4.17. The Balaban J connectivity index is -0.000000500. The second kappa shape index (κ2) is 9.52. The Labute approximate surface area is 97.5 Å². The summed E-state index contributed by atoms with van der Waals surface area (Å²) in [6.07, 6.45) is 4.97. The van der Waals surface area contributed by atoms with Gasteiger partial charge in [0.15, 0.2) is 0 Å². The van der Waals surface area contributed by atoms with E-state index in [1.165, 1.54) is 12.8 Å². The minimum Gasteiger partial charge on any atom is -1.00 e. The summed E-state index contributed by atoms with van der Waals surface area (Å²) in [6, 6.07) is -0.660. The van der Waals surface area contributed by atoms with E-state index >= 15 is 0 Å². The molecule has 0 aromatic heterocycles. The van der Waals surface area contributed by atoms with Crippen LogP contribution in [0.15, 0.2) is 0 Å². The summed E-state index contributed by atoms with van der Waals surface area (Å²) in [5, 5.41) is 8.41. The van der Waals surface area contributed by atoms with Crippen LogP contribution in [-0.4, -0.2) is 17.1 Å². The van der Waals surface area contributed by atoms with Crippen LogP contribution in [0.5, 0.6) is 0 Å². The number of hydrogen-bond acceptors (Lipinski definition) is 2. The molecular formula is C8H18NNaO2. The third-order valence-corrected chi connectivity index (χ3v) is 1.69. The van der Waals surface area contributed by atoms with E-state index in [4.69, 9.17) is 10.8 Å². The molecule has 12 heavy (non-hydrogen) atoms. The molecule has 0 radical (unpaired) electrons. The van der Waals surface area contributed by atoms with Crippen molar-refractivity contribution in [3.8, 4) is 0 Å². The fourth-order valence-electron chi connectivity index (χ4n) is 0.915. The molecule has 3 N–H and O–H groups in total. The van der Waals surface area contributed by atoms with Crippen LogP contribution >= 0.6 is 0 Å². The average molecular weight is 183 g/mol. The molecule has 0 aliphatic rings. The van der Waals surface area contributed by atoms with Crippen LogP contribution in [0.3, 0.4) is 0 Å². The van der Waals surface area contributed by atoms with Gasteiger partial charge in [-0.2, -0.15) is 0 Å². The van der Waals surface area contributed by atoms with Crippen LogP contribution in [0, 0.1) is 0 Å². The zero-order valence-electron chi connectivity index (χ0n) is 9.05. The molecular weight excluding hydrogens is 165 g/mol. The summed E-state index contributed by atoms with van der Waals surface area (Å²) in [5.41, 5.74) is 5.30. The van der Waals surface area contributed by atoms with Crippen molar-refractivity contribution in [3.05, 3.63) is 0 Å². The van der Waals surface area contributed by atoms with Crippen LogP contribution in [0.1, 0.15) is 40.5 Å². The number of carboxylic acids is 1. The topological polar surface area (TPSA) is 63.3 Å². The molecule has 0 rings (SSSR count). The van der Waals surface area contributed by atoms with Gasteiger partial charge in [-0.05, 0) is 6.42 Å². The summed E-state index contributed by atoms with van der Waals surface area (Å²) in [4.78, 5) is 10.2. The predicted molar refractivity (Wildman–Crippen MR) is 45.5 cm³/mol. The van der Waals surface area contributed by atoms with Crippen LogP contribution in [0.25, 0.3) is 0 Å². The van der Waals surface area contributed by atoms with Gasteiger partial charge in [0, 0.05) is 0 Å². The van der Waals surface area contributed by atoms with Crippen molar-refractivity contribution >= 4 is 5.97 Å². The summed E-state index contributed by atoms with van der Waals surface area (Å²) < 4.78 is 0. The first kappa shape index (κ1) is 14.9. The second-order valence-corrected chi connectivity index (χ2v) is 2.79. The van der Waals surface area contributed by atoms with Crippen molar-refractivity contribution in [3.63, 3.8) is 0 Å². The predicted octanol–water partition coefficient (Wildman–Crippen LogP) is -1.51. The fraction of sp³-hybridized carbons (Fsp3) is 0.875. The molecule has 4 heteroatoms. The normalized spacial score (nSPS) is 11.8. The SMILES string of the molecule is CCCCCC[C@@H](N)C(=O)O.[H-].[Na+]. The smallest absolute Gasteiger partial charge is 1.00 e. The number of aliphatic carboxylic acids is 1. The molecule has 0 fully saturated rings. The second-order valence-electron chi connectivity index (χ2n) is 2.79. The number of carboxylic acid groups (broad SMARTS) is 1. The molecule has 0 saturated carbocycles. The molecule has 0 bridgehead atoms. The summed E-state index contributed by atoms with van der Waals surface area (Å²) in [5.74, 6) is -0.888. The Morgan fingerprint density at radius 3 is 2.50 bits per heavy atom. The molecule has 0 heterocycles. The van der Waals surface area contributed by atoms with E-state index in [1.807, 2.05) is 0 Å². The van der Waals surface area contributed by atoms with Crippen molar-refractivity contribution in [2.45, 2.75) is 45.1 Å². The Hall–Kier alpha value is 0.430. The van der Waals surface area contributed by atoms with Crippen LogP contribution in [-0.2, 0) is 4.79 Å². The summed E-state index contributed by atoms with van der Waals surface area (Å²) in [6.45, 7) is 2.12. The maximum absolute atomic E-state index is 10.2. The van der Waals surface area contributed by atoms with E-state index in [1.54, 1.807) is 0 Å². The van der Waals surface area contributed by atoms with Gasteiger partial charge >= 0.3 is 35.5 Å². The molecule has 0 unspecified atom stereocenters. The molecule has 0 spiro atoms. The Bertz CT molecular complexity index is 125. The average Bonchev–Trinajstić information content (AvgIpc) is 1.97. The van der Waals surface area contributed by atoms with Gasteiger partial charge in [-0.15, -0.1) is 0 Å². The molecule has 3 nitrogen and oxygen atoms in total. The number of nitrogens with two attached hydrogens (primary N) is 1. The van der Waals surface area contributed by atoms with Gasteiger partial charge in [-0.25, -0.2) is 0 Å². The largest absolute Gasteiger partial charge is 1.00 e. The van der Waals surface area contributed by atoms with Gasteiger partial charge < -0.3 is 12.3 Å². The fourth-order valence-corrected chi connectivity index (χ4v) is 0.915. The minimum atomic E-state index is -0.888. The Morgan fingerprint density at radius 1 is 1.50 bits per heavy atom. The van der Waals surface area contributed by atoms with Crippen molar-refractivity contribution in [1.29, 1.82) is 0 Å². The molecule has 1 atom stereocenters. The first-order chi connectivity index (χ1) is 5.18. The van der Waals surface area contributed by atoms with Crippen molar-refractivity contribution in [2.24, 2.45) is 5.73 Å².